The van der Waals surface area contributed by atoms with Crippen molar-refractivity contribution in [1.29, 1.82) is 0 Å². The maximum atomic E-state index is 12.8. The van der Waals surface area contributed by atoms with Crippen LogP contribution in [0.5, 0.6) is 0 Å². The highest BCUT2D eigenvalue weighted by Gasteiger charge is 2.22. The summed E-state index contributed by atoms with van der Waals surface area (Å²) in [6.07, 6.45) is 0.796. The molecule has 0 bridgehead atoms. The van der Waals surface area contributed by atoms with Crippen LogP contribution in [0.4, 0.5) is 0 Å². The van der Waals surface area contributed by atoms with Gasteiger partial charge in [0.1, 0.15) is 0 Å². The molecule has 20 heavy (non-hydrogen) atoms. The Hall–Kier alpha value is -1.60. The quantitative estimate of drug-likeness (QED) is 0.694. The number of Topliss-reactive ketones (excluding diaryl/α,β-unsaturated/α-hetero) is 1. The number of benzene rings is 2. The van der Waals surface area contributed by atoms with E-state index < -0.39 is 0 Å². The molecule has 0 radical (unpaired) electrons. The number of carbonyl (C=O) groups is 1. The summed E-state index contributed by atoms with van der Waals surface area (Å²) in [6.45, 7) is 5.92. The van der Waals surface area contributed by atoms with E-state index in [0.717, 1.165) is 28.7 Å². The molecule has 0 heterocycles. The van der Waals surface area contributed by atoms with E-state index in [1.54, 1.807) is 0 Å². The Bertz CT molecular complexity index is 617. The van der Waals surface area contributed by atoms with Gasteiger partial charge in [0.2, 0.25) is 0 Å². The molecular formula is C18H19ClO. The van der Waals surface area contributed by atoms with E-state index in [2.05, 4.69) is 0 Å². The summed E-state index contributed by atoms with van der Waals surface area (Å²) in [5.41, 5.74) is 3.75. The smallest absolute Gasteiger partial charge is 0.170 e. The first-order valence-electron chi connectivity index (χ1n) is 6.90. The molecule has 1 atom stereocenters. The van der Waals surface area contributed by atoms with Gasteiger partial charge < -0.3 is 0 Å². The van der Waals surface area contributed by atoms with Gasteiger partial charge >= 0.3 is 0 Å². The Balaban J connectivity index is 2.42. The van der Waals surface area contributed by atoms with Gasteiger partial charge in [-0.15, -0.1) is 0 Å². The van der Waals surface area contributed by atoms with Crippen molar-refractivity contribution < 1.29 is 4.79 Å². The first kappa shape index (κ1) is 14.8. The van der Waals surface area contributed by atoms with Crippen LogP contribution in [0.3, 0.4) is 0 Å². The molecule has 2 aromatic rings. The largest absolute Gasteiger partial charge is 0.293 e. The maximum absolute atomic E-state index is 12.8. The van der Waals surface area contributed by atoms with E-state index in [4.69, 9.17) is 11.6 Å². The van der Waals surface area contributed by atoms with E-state index >= 15 is 0 Å². The Morgan fingerprint density at radius 1 is 1.10 bits per heavy atom. The van der Waals surface area contributed by atoms with Crippen LogP contribution >= 0.6 is 11.6 Å². The highest BCUT2D eigenvalue weighted by atomic mass is 35.5. The van der Waals surface area contributed by atoms with E-state index in [-0.39, 0.29) is 11.7 Å². The van der Waals surface area contributed by atoms with Gasteiger partial charge in [-0.25, -0.2) is 0 Å². The van der Waals surface area contributed by atoms with E-state index in [0.29, 0.717) is 5.02 Å². The molecule has 0 N–H and O–H groups in total. The molecule has 0 aliphatic carbocycles. The third-order valence-electron chi connectivity index (χ3n) is 3.70. The van der Waals surface area contributed by atoms with Crippen molar-refractivity contribution in [1.82, 2.24) is 0 Å². The van der Waals surface area contributed by atoms with E-state index in [1.165, 1.54) is 0 Å². The molecule has 0 aliphatic heterocycles. The number of hydrogen-bond donors (Lipinski definition) is 0. The third kappa shape index (κ3) is 2.94. The molecule has 0 saturated heterocycles. The Morgan fingerprint density at radius 3 is 2.35 bits per heavy atom. The molecule has 2 heteroatoms. The van der Waals surface area contributed by atoms with Crippen LogP contribution < -0.4 is 0 Å². The summed E-state index contributed by atoms with van der Waals surface area (Å²) in [7, 11) is 0. The van der Waals surface area contributed by atoms with E-state index in [1.807, 2.05) is 63.2 Å². The number of ketones is 1. The minimum Gasteiger partial charge on any atom is -0.293 e. The molecule has 2 rings (SSSR count). The zero-order valence-electron chi connectivity index (χ0n) is 12.1. The molecule has 0 aliphatic rings. The van der Waals surface area contributed by atoms with Gasteiger partial charge in [0.15, 0.2) is 5.78 Å². The molecule has 104 valence electrons. The summed E-state index contributed by atoms with van der Waals surface area (Å²) >= 11 is 6.11. The summed E-state index contributed by atoms with van der Waals surface area (Å²) in [5, 5.41) is 0.715. The number of aryl methyl sites for hydroxylation is 2. The van der Waals surface area contributed by atoms with Crippen LogP contribution in [0, 0.1) is 13.8 Å². The standard InChI is InChI=1S/C18H19ClO/c1-4-15(14-8-6-5-7-9-14)18(20)16-10-13(3)17(19)11-12(16)2/h5-11,15H,4H2,1-3H3. The molecule has 1 nitrogen and oxygen atoms in total. The van der Waals surface area contributed by atoms with Gasteiger partial charge in [-0.1, -0.05) is 48.9 Å². The fraction of sp³-hybridized carbons (Fsp3) is 0.278. The molecule has 0 amide bonds. The van der Waals surface area contributed by atoms with Crippen LogP contribution in [0.15, 0.2) is 42.5 Å². The monoisotopic (exact) mass is 286 g/mol. The third-order valence-corrected chi connectivity index (χ3v) is 4.10. The van der Waals surface area contributed by atoms with Gasteiger partial charge in [0.05, 0.1) is 0 Å². The predicted octanol–water partition coefficient (Wildman–Crippen LogP) is 5.33. The predicted molar refractivity (Wildman–Crippen MR) is 84.7 cm³/mol. The average Bonchev–Trinajstić information content (AvgIpc) is 2.44. The molecule has 0 spiro atoms. The first-order chi connectivity index (χ1) is 9.54. The second kappa shape index (κ2) is 6.23. The van der Waals surface area contributed by atoms with Crippen LogP contribution in [0.2, 0.25) is 5.02 Å². The Kier molecular flexibility index (Phi) is 4.61. The van der Waals surface area contributed by atoms with Crippen LogP contribution in [0.25, 0.3) is 0 Å². The number of halogens is 1. The lowest BCUT2D eigenvalue weighted by atomic mass is 9.86. The fourth-order valence-corrected chi connectivity index (χ4v) is 2.71. The van der Waals surface area contributed by atoms with Gasteiger partial charge in [-0.05, 0) is 49.1 Å². The zero-order valence-corrected chi connectivity index (χ0v) is 12.9. The number of carbonyl (C=O) groups excluding carboxylic acids is 1. The average molecular weight is 287 g/mol. The highest BCUT2D eigenvalue weighted by Crippen LogP contribution is 2.28. The van der Waals surface area contributed by atoms with Crippen molar-refractivity contribution in [2.75, 3.05) is 0 Å². The molecule has 0 aromatic heterocycles. The van der Waals surface area contributed by atoms with Gasteiger partial charge in [0, 0.05) is 16.5 Å². The van der Waals surface area contributed by atoms with Crippen molar-refractivity contribution in [2.24, 2.45) is 0 Å². The minimum atomic E-state index is -0.0875. The summed E-state index contributed by atoms with van der Waals surface area (Å²) in [5.74, 6) is 0.0893. The molecule has 0 saturated carbocycles. The zero-order chi connectivity index (χ0) is 14.7. The number of hydrogen-bond acceptors (Lipinski definition) is 1. The SMILES string of the molecule is CCC(C(=O)c1cc(C)c(Cl)cc1C)c1ccccc1. The topological polar surface area (TPSA) is 17.1 Å². The Labute approximate surface area is 125 Å². The lowest BCUT2D eigenvalue weighted by Gasteiger charge is -2.16. The van der Waals surface area contributed by atoms with Crippen LogP contribution in [0.1, 0.15) is 46.3 Å². The van der Waals surface area contributed by atoms with Crippen molar-refractivity contribution >= 4 is 17.4 Å². The minimum absolute atomic E-state index is 0.0875. The normalized spacial score (nSPS) is 12.2. The summed E-state index contributed by atoms with van der Waals surface area (Å²) in [4.78, 5) is 12.8. The maximum Gasteiger partial charge on any atom is 0.170 e. The van der Waals surface area contributed by atoms with Gasteiger partial charge in [-0.2, -0.15) is 0 Å². The first-order valence-corrected chi connectivity index (χ1v) is 7.28. The molecule has 0 fully saturated rings. The van der Waals surface area contributed by atoms with Gasteiger partial charge in [-0.3, -0.25) is 4.79 Å². The van der Waals surface area contributed by atoms with Crippen LogP contribution in [-0.4, -0.2) is 5.78 Å². The fourth-order valence-electron chi connectivity index (χ4n) is 2.49. The second-order valence-electron chi connectivity index (χ2n) is 5.15. The second-order valence-corrected chi connectivity index (χ2v) is 5.56. The molecule has 1 unspecified atom stereocenters. The van der Waals surface area contributed by atoms with Crippen molar-refractivity contribution in [3.63, 3.8) is 0 Å². The molecule has 2 aromatic carbocycles. The lowest BCUT2D eigenvalue weighted by Crippen LogP contribution is -2.14. The number of rotatable bonds is 4. The lowest BCUT2D eigenvalue weighted by molar-refractivity contribution is 0.0956. The van der Waals surface area contributed by atoms with E-state index in [9.17, 15) is 4.79 Å². The summed E-state index contributed by atoms with van der Waals surface area (Å²) in [6, 6.07) is 13.7. The van der Waals surface area contributed by atoms with Crippen molar-refractivity contribution in [3.05, 3.63) is 69.7 Å². The highest BCUT2D eigenvalue weighted by molar-refractivity contribution is 6.31. The van der Waals surface area contributed by atoms with Gasteiger partial charge in [0.25, 0.3) is 0 Å². The Morgan fingerprint density at radius 2 is 1.75 bits per heavy atom. The summed E-state index contributed by atoms with van der Waals surface area (Å²) < 4.78 is 0. The van der Waals surface area contributed by atoms with Crippen molar-refractivity contribution in [2.45, 2.75) is 33.1 Å². The van der Waals surface area contributed by atoms with Crippen LogP contribution in [-0.2, 0) is 0 Å². The molecular weight excluding hydrogens is 268 g/mol. The van der Waals surface area contributed by atoms with Crippen molar-refractivity contribution in [3.8, 4) is 0 Å².